The molecule has 0 atom stereocenters. The van der Waals surface area contributed by atoms with Crippen LogP contribution in [-0.4, -0.2) is 15.0 Å². The van der Waals surface area contributed by atoms with Crippen LogP contribution in [0, 0.1) is 0 Å². The summed E-state index contributed by atoms with van der Waals surface area (Å²) in [4.78, 5) is 15.6. The Bertz CT molecular complexity index is 2860. The lowest BCUT2D eigenvalue weighted by Gasteiger charge is -2.14. The molecule has 0 unspecified atom stereocenters. The lowest BCUT2D eigenvalue weighted by atomic mass is 9.94. The van der Waals surface area contributed by atoms with Crippen molar-refractivity contribution in [3.63, 3.8) is 0 Å². The molecule has 7 aromatic carbocycles. The molecule has 0 radical (unpaired) electrons. The maximum absolute atomic E-state index is 6.28. The smallest absolute Gasteiger partial charge is 0.165 e. The SMILES string of the molecule is c1ccc(-c2cccc3ccccc23)c(-c2nc(-c3ccc4c(c3)oc3ccccc34)nc(-c3cccc4c3sc3ccccc34)n2)c1. The van der Waals surface area contributed by atoms with Gasteiger partial charge in [0, 0.05) is 47.6 Å². The minimum absolute atomic E-state index is 0.600. The largest absolute Gasteiger partial charge is 0.456 e. The van der Waals surface area contributed by atoms with Crippen LogP contribution < -0.4 is 0 Å². The van der Waals surface area contributed by atoms with Gasteiger partial charge in [-0.25, -0.2) is 15.0 Å². The molecule has 0 N–H and O–H groups in total. The number of rotatable bonds is 4. The summed E-state index contributed by atoms with van der Waals surface area (Å²) in [6.45, 7) is 0. The fourth-order valence-electron chi connectivity index (χ4n) is 6.91. The second kappa shape index (κ2) is 10.7. The summed E-state index contributed by atoms with van der Waals surface area (Å²) in [5.74, 6) is 1.87. The summed E-state index contributed by atoms with van der Waals surface area (Å²) in [6, 6.07) is 52.7. The summed E-state index contributed by atoms with van der Waals surface area (Å²) in [5, 5.41) is 6.99. The molecule has 10 aromatic rings. The van der Waals surface area contributed by atoms with Crippen LogP contribution in [0.1, 0.15) is 0 Å². The van der Waals surface area contributed by atoms with Gasteiger partial charge >= 0.3 is 0 Å². The second-order valence-electron chi connectivity index (χ2n) is 12.0. The Kier molecular flexibility index (Phi) is 6.01. The van der Waals surface area contributed by atoms with E-state index in [9.17, 15) is 0 Å². The lowest BCUT2D eigenvalue weighted by molar-refractivity contribution is 0.669. The molecule has 4 nitrogen and oxygen atoms in total. The Hall–Kier alpha value is -6.17. The van der Waals surface area contributed by atoms with Crippen molar-refractivity contribution in [2.75, 3.05) is 0 Å². The topological polar surface area (TPSA) is 51.8 Å². The zero-order valence-electron chi connectivity index (χ0n) is 25.6. The van der Waals surface area contributed by atoms with E-state index in [-0.39, 0.29) is 0 Å². The van der Waals surface area contributed by atoms with Crippen LogP contribution in [0.4, 0.5) is 0 Å². The van der Waals surface area contributed by atoms with Gasteiger partial charge in [0.05, 0.1) is 0 Å². The first-order chi connectivity index (χ1) is 23.8. The Morgan fingerprint density at radius 3 is 1.92 bits per heavy atom. The highest BCUT2D eigenvalue weighted by Crippen LogP contribution is 2.41. The highest BCUT2D eigenvalue weighted by molar-refractivity contribution is 7.26. The van der Waals surface area contributed by atoms with E-state index in [0.29, 0.717) is 17.5 Å². The van der Waals surface area contributed by atoms with Gasteiger partial charge in [0.2, 0.25) is 0 Å². The summed E-state index contributed by atoms with van der Waals surface area (Å²) in [7, 11) is 0. The first kappa shape index (κ1) is 27.0. The highest BCUT2D eigenvalue weighted by atomic mass is 32.1. The standard InChI is InChI=1S/C43H25N3OS/c1-2-13-28-26(11-1)12-9-18-29(28)30-14-3-4-17-35(30)42-44-41(27-23-24-32-31-15-5-7-21-37(31)47-38(32)25-27)45-43(46-42)36-20-10-19-34-33-16-6-8-22-39(33)48-40(34)36/h1-25H. The van der Waals surface area contributed by atoms with E-state index in [2.05, 4.69) is 133 Å². The van der Waals surface area contributed by atoms with Crippen molar-refractivity contribution in [2.24, 2.45) is 0 Å². The molecule has 0 fully saturated rings. The van der Waals surface area contributed by atoms with Crippen molar-refractivity contribution < 1.29 is 4.42 Å². The Morgan fingerprint density at radius 1 is 0.396 bits per heavy atom. The molecule has 224 valence electrons. The number of hydrogen-bond donors (Lipinski definition) is 0. The molecule has 0 aliphatic rings. The van der Waals surface area contributed by atoms with Crippen molar-refractivity contribution in [3.05, 3.63) is 152 Å². The number of nitrogens with zero attached hydrogens (tertiary/aromatic N) is 3. The van der Waals surface area contributed by atoms with Gasteiger partial charge in [-0.2, -0.15) is 0 Å². The van der Waals surface area contributed by atoms with E-state index in [1.54, 1.807) is 11.3 Å². The van der Waals surface area contributed by atoms with E-state index in [0.717, 1.165) is 54.5 Å². The van der Waals surface area contributed by atoms with E-state index in [4.69, 9.17) is 19.4 Å². The Labute approximate surface area is 279 Å². The summed E-state index contributed by atoms with van der Waals surface area (Å²) in [6.07, 6.45) is 0. The quantitative estimate of drug-likeness (QED) is 0.194. The van der Waals surface area contributed by atoms with E-state index < -0.39 is 0 Å². The van der Waals surface area contributed by atoms with Gasteiger partial charge in [0.25, 0.3) is 0 Å². The zero-order valence-corrected chi connectivity index (χ0v) is 26.4. The van der Waals surface area contributed by atoms with Gasteiger partial charge in [0.1, 0.15) is 11.2 Å². The summed E-state index contributed by atoms with van der Waals surface area (Å²) >= 11 is 1.78. The number of benzene rings is 7. The monoisotopic (exact) mass is 631 g/mol. The summed E-state index contributed by atoms with van der Waals surface area (Å²) in [5.41, 5.74) is 6.70. The van der Waals surface area contributed by atoms with Gasteiger partial charge in [-0.05, 0) is 52.2 Å². The average molecular weight is 632 g/mol. The predicted molar refractivity (Wildman–Crippen MR) is 199 cm³/mol. The van der Waals surface area contributed by atoms with Crippen LogP contribution in [0.3, 0.4) is 0 Å². The minimum Gasteiger partial charge on any atom is -0.456 e. The van der Waals surface area contributed by atoms with Crippen molar-refractivity contribution in [3.8, 4) is 45.3 Å². The molecule has 3 aromatic heterocycles. The first-order valence-electron chi connectivity index (χ1n) is 15.9. The van der Waals surface area contributed by atoms with E-state index >= 15 is 0 Å². The van der Waals surface area contributed by atoms with Gasteiger partial charge in [-0.3, -0.25) is 0 Å². The summed E-state index contributed by atoms with van der Waals surface area (Å²) < 4.78 is 8.69. The van der Waals surface area contributed by atoms with Crippen LogP contribution in [0.2, 0.25) is 0 Å². The van der Waals surface area contributed by atoms with Crippen LogP contribution in [0.5, 0.6) is 0 Å². The molecule has 5 heteroatoms. The molecular formula is C43H25N3OS. The van der Waals surface area contributed by atoms with Crippen LogP contribution in [0.25, 0.3) is 98.2 Å². The fraction of sp³-hybridized carbons (Fsp3) is 0. The third kappa shape index (κ3) is 4.25. The first-order valence-corrected chi connectivity index (χ1v) is 16.8. The lowest BCUT2D eigenvalue weighted by Crippen LogP contribution is -2.01. The third-order valence-electron chi connectivity index (χ3n) is 9.17. The van der Waals surface area contributed by atoms with E-state index in [1.165, 1.54) is 26.2 Å². The molecule has 0 aliphatic heterocycles. The highest BCUT2D eigenvalue weighted by Gasteiger charge is 2.19. The zero-order chi connectivity index (χ0) is 31.6. The third-order valence-corrected chi connectivity index (χ3v) is 10.4. The maximum Gasteiger partial charge on any atom is 0.165 e. The van der Waals surface area contributed by atoms with Crippen LogP contribution in [0.15, 0.2) is 156 Å². The molecule has 3 heterocycles. The van der Waals surface area contributed by atoms with Gasteiger partial charge in [-0.15, -0.1) is 11.3 Å². The van der Waals surface area contributed by atoms with Gasteiger partial charge < -0.3 is 4.42 Å². The number of para-hydroxylation sites is 1. The molecule has 0 bridgehead atoms. The number of thiophene rings is 1. The fourth-order valence-corrected chi connectivity index (χ4v) is 8.12. The van der Waals surface area contributed by atoms with E-state index in [1.807, 2.05) is 18.2 Å². The molecular weight excluding hydrogens is 607 g/mol. The number of aromatic nitrogens is 3. The Morgan fingerprint density at radius 2 is 1.00 bits per heavy atom. The van der Waals surface area contributed by atoms with Crippen molar-refractivity contribution >= 4 is 64.2 Å². The number of hydrogen-bond acceptors (Lipinski definition) is 5. The Balaban J connectivity index is 1.24. The minimum atomic E-state index is 0.600. The molecule has 0 saturated carbocycles. The predicted octanol–water partition coefficient (Wildman–Crippen LogP) is 12.0. The molecule has 48 heavy (non-hydrogen) atoms. The van der Waals surface area contributed by atoms with Crippen molar-refractivity contribution in [2.45, 2.75) is 0 Å². The second-order valence-corrected chi connectivity index (χ2v) is 13.0. The number of furan rings is 1. The van der Waals surface area contributed by atoms with Crippen molar-refractivity contribution in [1.82, 2.24) is 15.0 Å². The normalized spacial score (nSPS) is 11.8. The molecule has 0 saturated heterocycles. The maximum atomic E-state index is 6.28. The average Bonchev–Trinajstić information content (AvgIpc) is 3.72. The molecule has 10 rings (SSSR count). The molecule has 0 aliphatic carbocycles. The molecule has 0 amide bonds. The van der Waals surface area contributed by atoms with Crippen LogP contribution >= 0.6 is 11.3 Å². The van der Waals surface area contributed by atoms with Gasteiger partial charge in [-0.1, -0.05) is 121 Å². The number of fused-ring (bicyclic) bond motifs is 7. The molecule has 0 spiro atoms. The van der Waals surface area contributed by atoms with Crippen molar-refractivity contribution in [1.29, 1.82) is 0 Å². The van der Waals surface area contributed by atoms with Gasteiger partial charge in [0.15, 0.2) is 17.5 Å². The van der Waals surface area contributed by atoms with Crippen LogP contribution in [-0.2, 0) is 0 Å².